The number of halogens is 6. The maximum atomic E-state index is 13.5. The molecule has 0 saturated carbocycles. The van der Waals surface area contributed by atoms with E-state index >= 15 is 0 Å². The molecular weight excluding hydrogens is 424 g/mol. The third-order valence-corrected chi connectivity index (χ3v) is 4.44. The number of carbonyl (C=O) groups excluding carboxylic acids is 1. The highest BCUT2D eigenvalue weighted by Crippen LogP contribution is 2.36. The van der Waals surface area contributed by atoms with E-state index in [9.17, 15) is 31.1 Å². The number of aryl methyl sites for hydroxylation is 1. The van der Waals surface area contributed by atoms with E-state index in [1.54, 1.807) is 13.0 Å². The van der Waals surface area contributed by atoms with Crippen molar-refractivity contribution in [1.29, 1.82) is 0 Å². The van der Waals surface area contributed by atoms with Gasteiger partial charge in [0.1, 0.15) is 0 Å². The predicted molar refractivity (Wildman–Crippen MR) is 99.0 cm³/mol. The van der Waals surface area contributed by atoms with Crippen LogP contribution in [0.5, 0.6) is 0 Å². The molecule has 31 heavy (non-hydrogen) atoms. The van der Waals surface area contributed by atoms with Gasteiger partial charge in [-0.1, -0.05) is 12.1 Å². The SMILES string of the molecule is Cc1ccc(C(=O)NC(c2ccc(C(F)(F)F)cc2)c2ncccc2C(F)(F)F)cn1. The van der Waals surface area contributed by atoms with E-state index in [1.165, 1.54) is 12.3 Å². The van der Waals surface area contributed by atoms with E-state index < -0.39 is 41.1 Å². The number of benzene rings is 1. The van der Waals surface area contributed by atoms with Crippen LogP contribution in [0, 0.1) is 6.92 Å². The van der Waals surface area contributed by atoms with Gasteiger partial charge in [-0.15, -0.1) is 0 Å². The van der Waals surface area contributed by atoms with Crippen molar-refractivity contribution in [3.8, 4) is 0 Å². The number of alkyl halides is 6. The Balaban J connectivity index is 2.07. The Labute approximate surface area is 173 Å². The molecule has 0 aliphatic heterocycles. The molecule has 0 fully saturated rings. The van der Waals surface area contributed by atoms with Gasteiger partial charge in [-0.05, 0) is 48.9 Å². The zero-order valence-corrected chi connectivity index (χ0v) is 15.9. The van der Waals surface area contributed by atoms with Gasteiger partial charge in [0.2, 0.25) is 0 Å². The number of aromatic nitrogens is 2. The van der Waals surface area contributed by atoms with E-state index in [-0.39, 0.29) is 11.1 Å². The molecule has 1 atom stereocenters. The van der Waals surface area contributed by atoms with Crippen LogP contribution in [-0.2, 0) is 12.4 Å². The van der Waals surface area contributed by atoms with Crippen LogP contribution in [0.4, 0.5) is 26.3 Å². The summed E-state index contributed by atoms with van der Waals surface area (Å²) >= 11 is 0. The Hall–Kier alpha value is -3.43. The van der Waals surface area contributed by atoms with E-state index in [1.807, 2.05) is 0 Å². The Bertz CT molecular complexity index is 1060. The summed E-state index contributed by atoms with van der Waals surface area (Å²) < 4.78 is 79.3. The van der Waals surface area contributed by atoms with Crippen LogP contribution >= 0.6 is 0 Å². The summed E-state index contributed by atoms with van der Waals surface area (Å²) in [7, 11) is 0. The largest absolute Gasteiger partial charge is 0.418 e. The minimum Gasteiger partial charge on any atom is -0.339 e. The van der Waals surface area contributed by atoms with Crippen molar-refractivity contribution < 1.29 is 31.1 Å². The lowest BCUT2D eigenvalue weighted by molar-refractivity contribution is -0.139. The zero-order chi connectivity index (χ0) is 22.8. The zero-order valence-electron chi connectivity index (χ0n) is 15.9. The highest BCUT2D eigenvalue weighted by molar-refractivity contribution is 5.94. The summed E-state index contributed by atoms with van der Waals surface area (Å²) in [5, 5.41) is 2.43. The second-order valence-corrected chi connectivity index (χ2v) is 6.65. The lowest BCUT2D eigenvalue weighted by Crippen LogP contribution is -2.31. The van der Waals surface area contributed by atoms with E-state index in [2.05, 4.69) is 15.3 Å². The minimum atomic E-state index is -4.79. The van der Waals surface area contributed by atoms with Crippen LogP contribution in [-0.4, -0.2) is 15.9 Å². The van der Waals surface area contributed by atoms with Crippen LogP contribution in [0.1, 0.15) is 44.5 Å². The summed E-state index contributed by atoms with van der Waals surface area (Å²) in [5.41, 5.74) is -1.91. The first kappa shape index (κ1) is 22.3. The highest BCUT2D eigenvalue weighted by Gasteiger charge is 2.37. The van der Waals surface area contributed by atoms with Crippen LogP contribution < -0.4 is 5.32 Å². The number of carbonyl (C=O) groups is 1. The molecule has 10 heteroatoms. The summed E-state index contributed by atoms with van der Waals surface area (Å²) in [6.07, 6.45) is -7.05. The second-order valence-electron chi connectivity index (χ2n) is 6.65. The van der Waals surface area contributed by atoms with Gasteiger partial charge in [0.05, 0.1) is 28.4 Å². The summed E-state index contributed by atoms with van der Waals surface area (Å²) in [6, 6.07) is 6.89. The smallest absolute Gasteiger partial charge is 0.339 e. The van der Waals surface area contributed by atoms with Gasteiger partial charge in [-0.3, -0.25) is 14.8 Å². The van der Waals surface area contributed by atoms with Crippen LogP contribution in [0.25, 0.3) is 0 Å². The first-order valence-electron chi connectivity index (χ1n) is 8.89. The van der Waals surface area contributed by atoms with Crippen molar-refractivity contribution in [1.82, 2.24) is 15.3 Å². The maximum Gasteiger partial charge on any atom is 0.418 e. The molecule has 3 aromatic rings. The number of hydrogen-bond donors (Lipinski definition) is 1. The standard InChI is InChI=1S/C21H15F6N3O/c1-12-4-5-14(11-29-12)19(31)30-17(13-6-8-15(9-7-13)20(22,23)24)18-16(21(25,26)27)3-2-10-28-18/h2-11,17H,1H3,(H,30,31). The third kappa shape index (κ3) is 5.19. The molecule has 162 valence electrons. The topological polar surface area (TPSA) is 54.9 Å². The van der Waals surface area contributed by atoms with Gasteiger partial charge >= 0.3 is 12.4 Å². The molecule has 0 spiro atoms. The number of rotatable bonds is 4. The van der Waals surface area contributed by atoms with Crippen molar-refractivity contribution in [2.45, 2.75) is 25.3 Å². The molecule has 0 radical (unpaired) electrons. The average molecular weight is 439 g/mol. The Morgan fingerprint density at radius 2 is 1.58 bits per heavy atom. The fourth-order valence-electron chi connectivity index (χ4n) is 2.88. The monoisotopic (exact) mass is 439 g/mol. The molecule has 0 bridgehead atoms. The van der Waals surface area contributed by atoms with Gasteiger partial charge in [0.15, 0.2) is 0 Å². The van der Waals surface area contributed by atoms with Crippen molar-refractivity contribution >= 4 is 5.91 Å². The Kier molecular flexibility index (Phi) is 6.01. The van der Waals surface area contributed by atoms with Crippen LogP contribution in [0.3, 0.4) is 0 Å². The first-order chi connectivity index (χ1) is 14.5. The van der Waals surface area contributed by atoms with E-state index in [0.29, 0.717) is 5.69 Å². The van der Waals surface area contributed by atoms with Crippen molar-refractivity contribution in [2.24, 2.45) is 0 Å². The normalized spacial score (nSPS) is 13.0. The summed E-state index contributed by atoms with van der Waals surface area (Å²) in [5.74, 6) is -0.754. The molecule has 1 N–H and O–H groups in total. The van der Waals surface area contributed by atoms with Gasteiger partial charge in [0, 0.05) is 18.1 Å². The molecule has 1 unspecified atom stereocenters. The fourth-order valence-corrected chi connectivity index (χ4v) is 2.88. The molecule has 0 aliphatic rings. The lowest BCUT2D eigenvalue weighted by Gasteiger charge is -2.23. The molecular formula is C21H15F6N3O. The number of hydrogen-bond acceptors (Lipinski definition) is 3. The van der Waals surface area contributed by atoms with Gasteiger partial charge in [0.25, 0.3) is 5.91 Å². The molecule has 0 saturated heterocycles. The second kappa shape index (κ2) is 8.37. The maximum absolute atomic E-state index is 13.5. The average Bonchev–Trinajstić information content (AvgIpc) is 2.71. The van der Waals surface area contributed by atoms with Gasteiger partial charge in [-0.25, -0.2) is 0 Å². The molecule has 1 aromatic carbocycles. The summed E-state index contributed by atoms with van der Waals surface area (Å²) in [6.45, 7) is 1.69. The fraction of sp³-hybridized carbons (Fsp3) is 0.190. The van der Waals surface area contributed by atoms with Crippen LogP contribution in [0.15, 0.2) is 60.9 Å². The van der Waals surface area contributed by atoms with E-state index in [4.69, 9.17) is 0 Å². The van der Waals surface area contributed by atoms with Crippen LogP contribution in [0.2, 0.25) is 0 Å². The lowest BCUT2D eigenvalue weighted by atomic mass is 9.97. The number of nitrogens with zero attached hydrogens (tertiary/aromatic N) is 2. The predicted octanol–water partition coefficient (Wildman–Crippen LogP) is 5.34. The Morgan fingerprint density at radius 3 is 2.13 bits per heavy atom. The molecule has 4 nitrogen and oxygen atoms in total. The Morgan fingerprint density at radius 1 is 0.903 bits per heavy atom. The molecule has 2 heterocycles. The molecule has 0 aliphatic carbocycles. The number of nitrogens with one attached hydrogen (secondary N) is 1. The quantitative estimate of drug-likeness (QED) is 0.559. The molecule has 2 aromatic heterocycles. The third-order valence-electron chi connectivity index (χ3n) is 4.44. The number of pyridine rings is 2. The number of amides is 1. The highest BCUT2D eigenvalue weighted by atomic mass is 19.4. The van der Waals surface area contributed by atoms with Crippen molar-refractivity contribution in [2.75, 3.05) is 0 Å². The van der Waals surface area contributed by atoms with E-state index in [0.717, 1.165) is 42.6 Å². The summed E-state index contributed by atoms with van der Waals surface area (Å²) in [4.78, 5) is 20.4. The van der Waals surface area contributed by atoms with Gasteiger partial charge < -0.3 is 5.32 Å². The van der Waals surface area contributed by atoms with Crippen molar-refractivity contribution in [3.63, 3.8) is 0 Å². The minimum absolute atomic E-state index is 0.00520. The van der Waals surface area contributed by atoms with Crippen molar-refractivity contribution in [3.05, 3.63) is 94.6 Å². The molecule has 3 rings (SSSR count). The van der Waals surface area contributed by atoms with Gasteiger partial charge in [-0.2, -0.15) is 26.3 Å². The molecule has 1 amide bonds. The first-order valence-corrected chi connectivity index (χ1v) is 8.89.